The Morgan fingerprint density at radius 2 is 1.36 bits per heavy atom. The van der Waals surface area contributed by atoms with E-state index in [0.717, 1.165) is 49.1 Å². The van der Waals surface area contributed by atoms with Gasteiger partial charge in [-0.3, -0.25) is 0 Å². The van der Waals surface area contributed by atoms with Crippen molar-refractivity contribution in [2.75, 3.05) is 0 Å². The molecule has 0 aliphatic heterocycles. The van der Waals surface area contributed by atoms with Crippen LogP contribution in [-0.2, 0) is 0 Å². The molecule has 2 fully saturated rings. The van der Waals surface area contributed by atoms with Gasteiger partial charge in [-0.2, -0.15) is 0 Å². The normalized spacial score (nSPS) is 30.7. The molecule has 0 N–H and O–H groups in total. The lowest BCUT2D eigenvalue weighted by molar-refractivity contribution is 0.327. The second-order valence-electron chi connectivity index (χ2n) is 8.09. The number of benzene rings is 1. The van der Waals surface area contributed by atoms with E-state index in [1.807, 2.05) is 0 Å². The van der Waals surface area contributed by atoms with Gasteiger partial charge in [0.15, 0.2) is 0 Å². The summed E-state index contributed by atoms with van der Waals surface area (Å²) in [7, 11) is 3.65. The van der Waals surface area contributed by atoms with Gasteiger partial charge in [0.2, 0.25) is 0 Å². The van der Waals surface area contributed by atoms with Crippen molar-refractivity contribution in [3.05, 3.63) is 47.0 Å². The Hall–Kier alpha value is -0.963. The Kier molecular flexibility index (Phi) is 6.48. The molecule has 2 aliphatic carbocycles. The Bertz CT molecular complexity index is 571. The second kappa shape index (κ2) is 8.61. The lowest BCUT2D eigenvalue weighted by atomic mass is 9.77. The topological polar surface area (TPSA) is 0 Å². The molecule has 0 heterocycles. The zero-order chi connectivity index (χ0) is 17.8. The van der Waals surface area contributed by atoms with Gasteiger partial charge >= 0.3 is 0 Å². The van der Waals surface area contributed by atoms with Gasteiger partial charge in [0.05, 0.1) is 0 Å². The van der Waals surface area contributed by atoms with E-state index in [-0.39, 0.29) is 5.56 Å². The standard InChI is InChI=1S/C22H29F2Si/c1-15-21(23)12-20(13-22(15)24)19-10-8-17(9-11-19)3-2-16-4-6-18(14-25)7-5-16/h2-3,12-13,16-19H,4-11,14H2,1H3/b3-2+. The monoisotopic (exact) mass is 359 g/mol. The molecule has 0 aromatic heterocycles. The van der Waals surface area contributed by atoms with Crippen LogP contribution in [0.1, 0.15) is 68.4 Å². The first-order valence-corrected chi connectivity index (χ1v) is 10.6. The summed E-state index contributed by atoms with van der Waals surface area (Å²) in [6, 6.07) is 4.23. The molecule has 2 aliphatic rings. The van der Waals surface area contributed by atoms with Crippen molar-refractivity contribution in [3.63, 3.8) is 0 Å². The minimum absolute atomic E-state index is 0.134. The van der Waals surface area contributed by atoms with E-state index in [0.29, 0.717) is 11.8 Å². The van der Waals surface area contributed by atoms with Crippen LogP contribution in [-0.4, -0.2) is 10.2 Å². The van der Waals surface area contributed by atoms with Crippen LogP contribution in [0.5, 0.6) is 0 Å². The number of allylic oxidation sites excluding steroid dienone is 2. The molecule has 2 saturated carbocycles. The van der Waals surface area contributed by atoms with Crippen LogP contribution in [0.4, 0.5) is 8.78 Å². The number of halogens is 2. The summed E-state index contributed by atoms with van der Waals surface area (Å²) in [6.07, 6.45) is 14.6. The highest BCUT2D eigenvalue weighted by molar-refractivity contribution is 6.08. The van der Waals surface area contributed by atoms with Gasteiger partial charge in [-0.25, -0.2) is 8.78 Å². The maximum atomic E-state index is 13.8. The molecule has 1 aromatic carbocycles. The molecule has 0 atom stereocenters. The lowest BCUT2D eigenvalue weighted by Gasteiger charge is -2.29. The van der Waals surface area contributed by atoms with Gasteiger partial charge < -0.3 is 0 Å². The molecule has 3 heteroatoms. The molecule has 0 amide bonds. The van der Waals surface area contributed by atoms with Crippen LogP contribution in [0.2, 0.25) is 6.04 Å². The summed E-state index contributed by atoms with van der Waals surface area (Å²) in [6.45, 7) is 1.50. The highest BCUT2D eigenvalue weighted by Crippen LogP contribution is 2.38. The molecule has 0 bridgehead atoms. The molecule has 0 saturated heterocycles. The van der Waals surface area contributed by atoms with Crippen LogP contribution in [0, 0.1) is 36.3 Å². The summed E-state index contributed by atoms with van der Waals surface area (Å²) in [5, 5.41) is 0. The first-order chi connectivity index (χ1) is 12.1. The Morgan fingerprint density at radius 3 is 1.84 bits per heavy atom. The zero-order valence-electron chi connectivity index (χ0n) is 15.2. The fraction of sp³-hybridized carbons (Fsp3) is 0.636. The third kappa shape index (κ3) is 4.81. The Morgan fingerprint density at radius 1 is 0.880 bits per heavy atom. The Labute approximate surface area is 154 Å². The SMILES string of the molecule is Cc1c(F)cc(C2CCC(/C=C/C3CCC(C[Si])CC3)CC2)cc1F. The molecule has 0 nitrogen and oxygen atoms in total. The van der Waals surface area contributed by atoms with E-state index in [1.165, 1.54) is 32.6 Å². The van der Waals surface area contributed by atoms with E-state index in [9.17, 15) is 8.78 Å². The maximum Gasteiger partial charge on any atom is 0.129 e. The highest BCUT2D eigenvalue weighted by Gasteiger charge is 2.23. The predicted molar refractivity (Wildman–Crippen MR) is 101 cm³/mol. The van der Waals surface area contributed by atoms with Gasteiger partial charge in [-0.15, -0.1) is 0 Å². The molecule has 25 heavy (non-hydrogen) atoms. The molecule has 0 unspecified atom stereocenters. The van der Waals surface area contributed by atoms with Crippen molar-refractivity contribution in [1.82, 2.24) is 0 Å². The van der Waals surface area contributed by atoms with E-state index in [1.54, 1.807) is 12.1 Å². The molecular formula is C22H29F2Si. The summed E-state index contributed by atoms with van der Waals surface area (Å²) in [4.78, 5) is 0. The fourth-order valence-corrected chi connectivity index (χ4v) is 4.85. The van der Waals surface area contributed by atoms with Gasteiger partial charge in [0.25, 0.3) is 0 Å². The second-order valence-corrected chi connectivity index (χ2v) is 8.50. The first-order valence-electron chi connectivity index (χ1n) is 9.85. The average Bonchev–Trinajstić information content (AvgIpc) is 2.65. The van der Waals surface area contributed by atoms with E-state index in [4.69, 9.17) is 0 Å². The summed E-state index contributed by atoms with van der Waals surface area (Å²) in [5.74, 6) is 1.76. The average molecular weight is 360 g/mol. The molecular weight excluding hydrogens is 330 g/mol. The van der Waals surface area contributed by atoms with Gasteiger partial charge in [-0.05, 0) is 86.8 Å². The minimum atomic E-state index is -0.407. The van der Waals surface area contributed by atoms with Crippen molar-refractivity contribution in [2.45, 2.75) is 70.3 Å². The third-order valence-electron chi connectivity index (χ3n) is 6.38. The van der Waals surface area contributed by atoms with Crippen molar-refractivity contribution < 1.29 is 8.78 Å². The van der Waals surface area contributed by atoms with Crippen LogP contribution in [0.15, 0.2) is 24.3 Å². The number of rotatable bonds is 4. The van der Waals surface area contributed by atoms with Gasteiger partial charge in [-0.1, -0.05) is 31.0 Å². The van der Waals surface area contributed by atoms with Crippen LogP contribution >= 0.6 is 0 Å². The van der Waals surface area contributed by atoms with Crippen LogP contribution in [0.3, 0.4) is 0 Å². The molecule has 3 radical (unpaired) electrons. The quantitative estimate of drug-likeness (QED) is 0.425. The first kappa shape index (κ1) is 18.8. The molecule has 3 rings (SSSR count). The molecule has 135 valence electrons. The highest BCUT2D eigenvalue weighted by atomic mass is 28.1. The van der Waals surface area contributed by atoms with Gasteiger partial charge in [0.1, 0.15) is 11.6 Å². The summed E-state index contributed by atoms with van der Waals surface area (Å²) >= 11 is 0. The summed E-state index contributed by atoms with van der Waals surface area (Å²) < 4.78 is 27.6. The zero-order valence-corrected chi connectivity index (χ0v) is 16.2. The smallest absolute Gasteiger partial charge is 0.129 e. The molecule has 0 spiro atoms. The largest absolute Gasteiger partial charge is 0.207 e. The number of hydrogen-bond donors (Lipinski definition) is 0. The molecule has 1 aromatic rings. The van der Waals surface area contributed by atoms with Gasteiger partial charge in [0, 0.05) is 15.8 Å². The van der Waals surface area contributed by atoms with Crippen LogP contribution < -0.4 is 0 Å². The van der Waals surface area contributed by atoms with Crippen LogP contribution in [0.25, 0.3) is 0 Å². The third-order valence-corrected chi connectivity index (χ3v) is 6.96. The fourth-order valence-electron chi connectivity index (χ4n) is 4.44. The number of hydrogen-bond acceptors (Lipinski definition) is 0. The Balaban J connectivity index is 1.50. The van der Waals surface area contributed by atoms with E-state index < -0.39 is 11.6 Å². The van der Waals surface area contributed by atoms with E-state index >= 15 is 0 Å². The van der Waals surface area contributed by atoms with Crippen molar-refractivity contribution in [3.8, 4) is 0 Å². The summed E-state index contributed by atoms with van der Waals surface area (Å²) in [5.41, 5.74) is 0.978. The minimum Gasteiger partial charge on any atom is -0.207 e. The van der Waals surface area contributed by atoms with E-state index in [2.05, 4.69) is 22.4 Å². The maximum absolute atomic E-state index is 13.8. The predicted octanol–water partition coefficient (Wildman–Crippen LogP) is 6.50. The van der Waals surface area contributed by atoms with Crippen molar-refractivity contribution in [2.24, 2.45) is 17.8 Å². The lowest BCUT2D eigenvalue weighted by Crippen LogP contribution is -2.14. The van der Waals surface area contributed by atoms with Crippen molar-refractivity contribution in [1.29, 1.82) is 0 Å². The van der Waals surface area contributed by atoms with Crippen molar-refractivity contribution >= 4 is 10.2 Å².